The molecule has 3 rings (SSSR count). The van der Waals surface area contributed by atoms with E-state index < -0.39 is 17.5 Å². The molecule has 0 spiro atoms. The molecule has 8 heteroatoms. The molecule has 25 heavy (non-hydrogen) atoms. The maximum Gasteiger partial charge on any atom is 0.441 e. The number of rotatable bonds is 4. The molecule has 0 radical (unpaired) electrons. The zero-order chi connectivity index (χ0) is 18.0. The number of halogens is 4. The van der Waals surface area contributed by atoms with Crippen molar-refractivity contribution in [1.29, 1.82) is 0 Å². The second-order valence-electron chi connectivity index (χ2n) is 6.43. The standard InChI is InChI=1S/C17H18ClF3N2O2/c18-15-12(7-4-8-13(15)17(19,20)21)9-14-22-25-16(24)23(14)10-11-5-2-1-3-6-11/h4,7-8,11H,1-3,5-6,9-10H2. The van der Waals surface area contributed by atoms with Crippen LogP contribution in [-0.2, 0) is 19.1 Å². The summed E-state index contributed by atoms with van der Waals surface area (Å²) < 4.78 is 45.1. The average molecular weight is 375 g/mol. The molecule has 0 N–H and O–H groups in total. The van der Waals surface area contributed by atoms with Crippen molar-refractivity contribution in [3.63, 3.8) is 0 Å². The first kappa shape index (κ1) is 18.0. The van der Waals surface area contributed by atoms with Gasteiger partial charge < -0.3 is 0 Å². The fraction of sp³-hybridized carbons (Fsp3) is 0.529. The van der Waals surface area contributed by atoms with Crippen LogP contribution in [-0.4, -0.2) is 9.72 Å². The Morgan fingerprint density at radius 2 is 1.96 bits per heavy atom. The molecule has 0 saturated heterocycles. The topological polar surface area (TPSA) is 48.0 Å². The second kappa shape index (κ2) is 7.23. The lowest BCUT2D eigenvalue weighted by Crippen LogP contribution is -2.24. The van der Waals surface area contributed by atoms with Gasteiger partial charge in [0, 0.05) is 13.0 Å². The summed E-state index contributed by atoms with van der Waals surface area (Å²) in [5.74, 6) is 0.0852. The summed E-state index contributed by atoms with van der Waals surface area (Å²) in [6.07, 6.45) is 0.989. The molecular formula is C17H18ClF3N2O2. The first-order chi connectivity index (χ1) is 11.9. The minimum atomic E-state index is -4.53. The zero-order valence-corrected chi connectivity index (χ0v) is 14.2. The molecule has 1 fully saturated rings. The van der Waals surface area contributed by atoms with E-state index in [1.807, 2.05) is 0 Å². The van der Waals surface area contributed by atoms with Crippen LogP contribution in [0.25, 0.3) is 0 Å². The first-order valence-electron chi connectivity index (χ1n) is 8.26. The molecule has 1 aliphatic rings. The Morgan fingerprint density at radius 1 is 1.24 bits per heavy atom. The average Bonchev–Trinajstić information content (AvgIpc) is 2.90. The number of alkyl halides is 3. The van der Waals surface area contributed by atoms with E-state index in [2.05, 4.69) is 5.16 Å². The molecule has 0 aliphatic heterocycles. The monoisotopic (exact) mass is 374 g/mol. The van der Waals surface area contributed by atoms with Crippen LogP contribution in [0.1, 0.15) is 49.1 Å². The molecule has 0 atom stereocenters. The molecule has 136 valence electrons. The van der Waals surface area contributed by atoms with E-state index in [0.29, 0.717) is 18.3 Å². The van der Waals surface area contributed by atoms with Crippen LogP contribution in [0.2, 0.25) is 5.02 Å². The van der Waals surface area contributed by atoms with Crippen molar-refractivity contribution >= 4 is 11.6 Å². The maximum absolute atomic E-state index is 13.0. The highest BCUT2D eigenvalue weighted by atomic mass is 35.5. The van der Waals surface area contributed by atoms with Crippen molar-refractivity contribution in [2.45, 2.75) is 51.2 Å². The predicted molar refractivity (Wildman–Crippen MR) is 86.6 cm³/mol. The SMILES string of the molecule is O=c1onc(Cc2cccc(C(F)(F)F)c2Cl)n1CC1CCCCC1. The van der Waals surface area contributed by atoms with E-state index in [4.69, 9.17) is 16.1 Å². The summed E-state index contributed by atoms with van der Waals surface area (Å²) >= 11 is 5.93. The van der Waals surface area contributed by atoms with Gasteiger partial charge in [0.1, 0.15) is 0 Å². The first-order valence-corrected chi connectivity index (χ1v) is 8.64. The van der Waals surface area contributed by atoms with Crippen LogP contribution in [0, 0.1) is 5.92 Å². The molecule has 0 amide bonds. The third-order valence-corrected chi connectivity index (χ3v) is 5.11. The van der Waals surface area contributed by atoms with Gasteiger partial charge in [-0.25, -0.2) is 4.79 Å². The highest BCUT2D eigenvalue weighted by molar-refractivity contribution is 6.32. The van der Waals surface area contributed by atoms with E-state index in [-0.39, 0.29) is 17.0 Å². The lowest BCUT2D eigenvalue weighted by Gasteiger charge is -2.21. The largest absolute Gasteiger partial charge is 0.441 e. The van der Waals surface area contributed by atoms with Crippen molar-refractivity contribution in [1.82, 2.24) is 9.72 Å². The third kappa shape index (κ3) is 4.08. The van der Waals surface area contributed by atoms with Crippen molar-refractivity contribution in [2.24, 2.45) is 5.92 Å². The molecule has 0 unspecified atom stereocenters. The molecule has 4 nitrogen and oxygen atoms in total. The zero-order valence-electron chi connectivity index (χ0n) is 13.5. The highest BCUT2D eigenvalue weighted by Crippen LogP contribution is 2.36. The second-order valence-corrected chi connectivity index (χ2v) is 6.81. The van der Waals surface area contributed by atoms with E-state index >= 15 is 0 Å². The third-order valence-electron chi connectivity index (χ3n) is 4.66. The van der Waals surface area contributed by atoms with Gasteiger partial charge in [0.15, 0.2) is 5.82 Å². The van der Waals surface area contributed by atoms with Crippen LogP contribution in [0.4, 0.5) is 13.2 Å². The lowest BCUT2D eigenvalue weighted by molar-refractivity contribution is -0.137. The van der Waals surface area contributed by atoms with Crippen LogP contribution in [0.15, 0.2) is 27.5 Å². The molecule has 1 aliphatic carbocycles. The minimum Gasteiger partial charge on any atom is -0.296 e. The van der Waals surface area contributed by atoms with Gasteiger partial charge in [-0.05, 0) is 30.4 Å². The fourth-order valence-electron chi connectivity index (χ4n) is 3.34. The van der Waals surface area contributed by atoms with Crippen molar-refractivity contribution < 1.29 is 17.7 Å². The van der Waals surface area contributed by atoms with Gasteiger partial charge in [0.25, 0.3) is 0 Å². The molecule has 1 heterocycles. The number of hydrogen-bond acceptors (Lipinski definition) is 3. The van der Waals surface area contributed by atoms with Crippen molar-refractivity contribution in [2.75, 3.05) is 0 Å². The number of nitrogens with zero attached hydrogens (tertiary/aromatic N) is 2. The van der Waals surface area contributed by atoms with Crippen LogP contribution in [0.3, 0.4) is 0 Å². The van der Waals surface area contributed by atoms with Gasteiger partial charge in [0.05, 0.1) is 10.6 Å². The quantitative estimate of drug-likeness (QED) is 0.780. The Labute approximate surface area is 147 Å². The van der Waals surface area contributed by atoms with E-state index in [1.165, 1.54) is 23.1 Å². The molecule has 2 aromatic rings. The number of aromatic nitrogens is 2. The number of hydrogen-bond donors (Lipinski definition) is 0. The Morgan fingerprint density at radius 3 is 2.64 bits per heavy atom. The molecule has 1 aromatic carbocycles. The van der Waals surface area contributed by atoms with Crippen molar-refractivity contribution in [3.8, 4) is 0 Å². The van der Waals surface area contributed by atoms with Crippen molar-refractivity contribution in [3.05, 3.63) is 50.7 Å². The smallest absolute Gasteiger partial charge is 0.296 e. The van der Waals surface area contributed by atoms with Gasteiger partial charge in [-0.3, -0.25) is 9.09 Å². The summed E-state index contributed by atoms with van der Waals surface area (Å²) in [6.45, 7) is 0.480. The molecule has 1 aromatic heterocycles. The Kier molecular flexibility index (Phi) is 5.22. The summed E-state index contributed by atoms with van der Waals surface area (Å²) in [5, 5.41) is 3.38. The van der Waals surface area contributed by atoms with Gasteiger partial charge in [-0.2, -0.15) is 13.2 Å². The minimum absolute atomic E-state index is 0.0151. The van der Waals surface area contributed by atoms with Crippen LogP contribution in [0.5, 0.6) is 0 Å². The van der Waals surface area contributed by atoms with Gasteiger partial charge in [-0.15, -0.1) is 0 Å². The van der Waals surface area contributed by atoms with Gasteiger partial charge in [0.2, 0.25) is 0 Å². The summed E-state index contributed by atoms with van der Waals surface area (Å²) in [6, 6.07) is 3.74. The van der Waals surface area contributed by atoms with E-state index in [9.17, 15) is 18.0 Å². The van der Waals surface area contributed by atoms with E-state index in [1.54, 1.807) is 0 Å². The van der Waals surface area contributed by atoms with E-state index in [0.717, 1.165) is 31.7 Å². The maximum atomic E-state index is 13.0. The summed E-state index contributed by atoms with van der Waals surface area (Å²) in [5.41, 5.74) is -0.626. The number of benzene rings is 1. The highest BCUT2D eigenvalue weighted by Gasteiger charge is 2.34. The van der Waals surface area contributed by atoms with Crippen LogP contribution >= 0.6 is 11.6 Å². The predicted octanol–water partition coefficient (Wildman–Crippen LogP) is 4.68. The summed E-state index contributed by atoms with van der Waals surface area (Å²) in [7, 11) is 0. The molecule has 0 bridgehead atoms. The Bertz CT molecular complexity index is 792. The van der Waals surface area contributed by atoms with Gasteiger partial charge >= 0.3 is 11.9 Å². The fourth-order valence-corrected chi connectivity index (χ4v) is 3.64. The Hall–Kier alpha value is -1.76. The Balaban J connectivity index is 1.86. The summed E-state index contributed by atoms with van der Waals surface area (Å²) in [4.78, 5) is 11.9. The van der Waals surface area contributed by atoms with Gasteiger partial charge in [-0.1, -0.05) is 48.2 Å². The molecular weight excluding hydrogens is 357 g/mol. The lowest BCUT2D eigenvalue weighted by atomic mass is 9.89. The normalized spacial score (nSPS) is 16.3. The molecule has 1 saturated carbocycles. The van der Waals surface area contributed by atoms with Crippen LogP contribution < -0.4 is 5.76 Å².